The molecule has 0 saturated heterocycles. The molecule has 0 atom stereocenters. The van der Waals surface area contributed by atoms with Gasteiger partial charge < -0.3 is 0 Å². The van der Waals surface area contributed by atoms with Crippen molar-refractivity contribution in [1.82, 2.24) is 0 Å². The van der Waals surface area contributed by atoms with Gasteiger partial charge in [0.2, 0.25) is 0 Å². The van der Waals surface area contributed by atoms with Gasteiger partial charge >= 0.3 is 0 Å². The molecule has 1 nitrogen and oxygen atoms in total. The van der Waals surface area contributed by atoms with Gasteiger partial charge in [0.15, 0.2) is 0 Å². The van der Waals surface area contributed by atoms with Gasteiger partial charge in [-0.2, -0.15) is 11.8 Å². The summed E-state index contributed by atoms with van der Waals surface area (Å²) in [5.41, 5.74) is 0. The molecule has 56 valence electrons. The largest absolute Gasteiger partial charge is 0.273 e. The van der Waals surface area contributed by atoms with E-state index < -0.39 is 0 Å². The summed E-state index contributed by atoms with van der Waals surface area (Å²) in [5.74, 6) is 1.19. The van der Waals surface area contributed by atoms with Gasteiger partial charge in [0.25, 0.3) is 0 Å². The van der Waals surface area contributed by atoms with Gasteiger partial charge in [-0.3, -0.25) is 4.99 Å². The van der Waals surface area contributed by atoms with E-state index >= 15 is 0 Å². The van der Waals surface area contributed by atoms with Gasteiger partial charge in [0.1, 0.15) is 0 Å². The van der Waals surface area contributed by atoms with Crippen molar-refractivity contribution >= 4 is 18.5 Å². The Balaban J connectivity index is 3.19. The Morgan fingerprint density at radius 1 is 1.50 bits per heavy atom. The van der Waals surface area contributed by atoms with Crippen LogP contribution in [0, 0.1) is 0 Å². The van der Waals surface area contributed by atoms with Crippen molar-refractivity contribution in [3.05, 3.63) is 24.4 Å². The molecule has 0 radical (unpaired) electrons. The molecular weight excluding hydrogens is 142 g/mol. The molecule has 0 amide bonds. The van der Waals surface area contributed by atoms with Crippen LogP contribution in [0.3, 0.4) is 0 Å². The molecule has 0 rings (SSSR count). The van der Waals surface area contributed by atoms with Crippen molar-refractivity contribution in [2.24, 2.45) is 4.99 Å². The normalized spacial score (nSPS) is 11.3. The minimum Gasteiger partial charge on any atom is -0.273 e. The number of nitrogens with zero attached hydrogens (tertiary/aromatic N) is 1. The predicted octanol–water partition coefficient (Wildman–Crippen LogP) is 2.51. The number of aliphatic imine (C=N–C) groups is 1. The van der Waals surface area contributed by atoms with Gasteiger partial charge in [0, 0.05) is 6.20 Å². The molecule has 0 bridgehead atoms. The SMILES string of the molecule is C=N/C=C\C=CCCSC. The zero-order valence-electron chi connectivity index (χ0n) is 6.29. The van der Waals surface area contributed by atoms with Gasteiger partial charge in [-0.1, -0.05) is 12.2 Å². The summed E-state index contributed by atoms with van der Waals surface area (Å²) in [6.07, 6.45) is 10.9. The molecule has 0 aromatic heterocycles. The highest BCUT2D eigenvalue weighted by Crippen LogP contribution is 1.95. The Bertz CT molecular complexity index is 127. The average molecular weight is 155 g/mol. The number of hydrogen-bond donors (Lipinski definition) is 0. The minimum atomic E-state index is 1.13. The zero-order chi connectivity index (χ0) is 7.66. The van der Waals surface area contributed by atoms with E-state index in [1.54, 1.807) is 6.20 Å². The lowest BCUT2D eigenvalue weighted by Gasteiger charge is -1.85. The van der Waals surface area contributed by atoms with E-state index in [4.69, 9.17) is 0 Å². The van der Waals surface area contributed by atoms with Crippen LogP contribution in [0.5, 0.6) is 0 Å². The van der Waals surface area contributed by atoms with E-state index in [2.05, 4.69) is 24.0 Å². The lowest BCUT2D eigenvalue weighted by molar-refractivity contribution is 1.25. The van der Waals surface area contributed by atoms with Crippen molar-refractivity contribution < 1.29 is 0 Å². The molecule has 2 heteroatoms. The van der Waals surface area contributed by atoms with Crippen LogP contribution in [0.1, 0.15) is 6.42 Å². The first kappa shape index (κ1) is 9.50. The lowest BCUT2D eigenvalue weighted by atomic mass is 10.4. The molecule has 0 aromatic rings. The highest BCUT2D eigenvalue weighted by molar-refractivity contribution is 7.98. The van der Waals surface area contributed by atoms with E-state index in [1.165, 1.54) is 5.75 Å². The number of thioether (sulfide) groups is 1. The van der Waals surface area contributed by atoms with Crippen LogP contribution in [0.2, 0.25) is 0 Å². The van der Waals surface area contributed by atoms with Crippen LogP contribution in [0.15, 0.2) is 29.4 Å². The first-order valence-electron chi connectivity index (χ1n) is 3.18. The summed E-state index contributed by atoms with van der Waals surface area (Å²) in [6.45, 7) is 3.32. The fourth-order valence-electron chi connectivity index (χ4n) is 0.471. The summed E-state index contributed by atoms with van der Waals surface area (Å²) < 4.78 is 0. The van der Waals surface area contributed by atoms with Crippen LogP contribution < -0.4 is 0 Å². The number of allylic oxidation sites excluding steroid dienone is 3. The van der Waals surface area contributed by atoms with E-state index in [-0.39, 0.29) is 0 Å². The summed E-state index contributed by atoms with van der Waals surface area (Å²) in [4.78, 5) is 3.57. The Hall–Kier alpha value is -0.500. The van der Waals surface area contributed by atoms with E-state index in [9.17, 15) is 0 Å². The van der Waals surface area contributed by atoms with Crippen LogP contribution in [0.4, 0.5) is 0 Å². The molecule has 0 heterocycles. The molecule has 0 aliphatic carbocycles. The maximum absolute atomic E-state index is 3.57. The van der Waals surface area contributed by atoms with Crippen molar-refractivity contribution in [2.45, 2.75) is 6.42 Å². The summed E-state index contributed by atoms with van der Waals surface area (Å²) in [6, 6.07) is 0. The summed E-state index contributed by atoms with van der Waals surface area (Å²) in [7, 11) is 0. The fraction of sp³-hybridized carbons (Fsp3) is 0.375. The number of rotatable bonds is 5. The van der Waals surface area contributed by atoms with Crippen molar-refractivity contribution in [3.63, 3.8) is 0 Å². The third-order valence-corrected chi connectivity index (χ3v) is 1.57. The van der Waals surface area contributed by atoms with Crippen molar-refractivity contribution in [2.75, 3.05) is 12.0 Å². The van der Waals surface area contributed by atoms with Crippen LogP contribution >= 0.6 is 11.8 Å². The van der Waals surface area contributed by atoms with Gasteiger partial charge in [-0.05, 0) is 31.2 Å². The highest BCUT2D eigenvalue weighted by Gasteiger charge is 1.74. The van der Waals surface area contributed by atoms with Gasteiger partial charge in [-0.15, -0.1) is 0 Å². The Morgan fingerprint density at radius 3 is 2.90 bits per heavy atom. The first-order chi connectivity index (χ1) is 4.91. The maximum Gasteiger partial charge on any atom is 0.0260 e. The van der Waals surface area contributed by atoms with Crippen molar-refractivity contribution in [1.29, 1.82) is 0 Å². The van der Waals surface area contributed by atoms with Crippen LogP contribution in [0.25, 0.3) is 0 Å². The zero-order valence-corrected chi connectivity index (χ0v) is 7.10. The van der Waals surface area contributed by atoms with Crippen LogP contribution in [-0.2, 0) is 0 Å². The van der Waals surface area contributed by atoms with Gasteiger partial charge in [-0.25, -0.2) is 0 Å². The molecule has 0 aromatic carbocycles. The minimum absolute atomic E-state index is 1.13. The molecular formula is C8H13NS. The first-order valence-corrected chi connectivity index (χ1v) is 4.57. The topological polar surface area (TPSA) is 12.4 Å². The Kier molecular flexibility index (Phi) is 8.07. The lowest BCUT2D eigenvalue weighted by Crippen LogP contribution is -1.69. The average Bonchev–Trinajstić information content (AvgIpc) is 1.97. The van der Waals surface area contributed by atoms with Gasteiger partial charge in [0.05, 0.1) is 0 Å². The second-order valence-electron chi connectivity index (χ2n) is 1.73. The molecule has 0 N–H and O–H groups in total. The summed E-state index contributed by atoms with van der Waals surface area (Å²) >= 11 is 1.85. The van der Waals surface area contributed by atoms with E-state index in [0.29, 0.717) is 0 Å². The molecule has 0 saturated carbocycles. The molecule has 0 spiro atoms. The van der Waals surface area contributed by atoms with Crippen molar-refractivity contribution in [3.8, 4) is 0 Å². The molecule has 0 unspecified atom stereocenters. The monoisotopic (exact) mass is 155 g/mol. The fourth-order valence-corrected chi connectivity index (χ4v) is 0.843. The third-order valence-electron chi connectivity index (χ3n) is 0.927. The van der Waals surface area contributed by atoms with E-state index in [0.717, 1.165) is 6.42 Å². The second-order valence-corrected chi connectivity index (χ2v) is 2.72. The van der Waals surface area contributed by atoms with Crippen LogP contribution in [-0.4, -0.2) is 18.7 Å². The Morgan fingerprint density at radius 2 is 2.30 bits per heavy atom. The molecule has 0 fully saturated rings. The summed E-state index contributed by atoms with van der Waals surface area (Å²) in [5, 5.41) is 0. The molecule has 10 heavy (non-hydrogen) atoms. The smallest absolute Gasteiger partial charge is 0.0260 e. The predicted molar refractivity (Wildman–Crippen MR) is 50.8 cm³/mol. The quantitative estimate of drug-likeness (QED) is 0.337. The highest BCUT2D eigenvalue weighted by atomic mass is 32.2. The standard InChI is InChI=1S/C8H13NS/c1-9-7-5-3-4-6-8-10-2/h3-5,7H,1,6,8H2,2H3/b4-3?,7-5-. The van der Waals surface area contributed by atoms with E-state index in [1.807, 2.05) is 23.9 Å². The molecule has 0 aliphatic heterocycles. The Labute approximate surface area is 66.9 Å². The second kappa shape index (κ2) is 8.50. The maximum atomic E-state index is 3.57. The third kappa shape index (κ3) is 7.50. The molecule has 0 aliphatic rings. The number of hydrogen-bond acceptors (Lipinski definition) is 2.